The lowest BCUT2D eigenvalue weighted by Gasteiger charge is -2.34. The third-order valence-electron chi connectivity index (χ3n) is 3.91. The number of hydrogen-bond acceptors (Lipinski definition) is 4. The van der Waals surface area contributed by atoms with E-state index in [1.165, 1.54) is 6.92 Å². The molecule has 1 aliphatic heterocycles. The van der Waals surface area contributed by atoms with Crippen LogP contribution in [-0.2, 0) is 9.59 Å². The Bertz CT molecular complexity index is 390. The molecule has 2 amide bonds. The van der Waals surface area contributed by atoms with Crippen LogP contribution in [0.3, 0.4) is 0 Å². The van der Waals surface area contributed by atoms with E-state index in [-0.39, 0.29) is 17.6 Å². The van der Waals surface area contributed by atoms with E-state index in [0.717, 1.165) is 19.3 Å². The van der Waals surface area contributed by atoms with Crippen LogP contribution in [0.2, 0.25) is 0 Å². The molecule has 0 aromatic heterocycles. The first kappa shape index (κ1) is 17.3. The maximum atomic E-state index is 12.4. The first-order chi connectivity index (χ1) is 9.99. The molecule has 1 saturated heterocycles. The summed E-state index contributed by atoms with van der Waals surface area (Å²) in [6.07, 6.45) is 3.11. The summed E-state index contributed by atoms with van der Waals surface area (Å²) in [5.41, 5.74) is 5.62. The predicted molar refractivity (Wildman–Crippen MR) is 79.8 cm³/mol. The number of carbonyl (C=O) groups excluding carboxylic acids is 2. The van der Waals surface area contributed by atoms with Crippen molar-refractivity contribution >= 4 is 17.6 Å². The van der Waals surface area contributed by atoms with Crippen LogP contribution >= 0.6 is 0 Å². The van der Waals surface area contributed by atoms with E-state index in [9.17, 15) is 9.59 Å². The summed E-state index contributed by atoms with van der Waals surface area (Å²) in [7, 11) is 0. The first-order valence-corrected chi connectivity index (χ1v) is 7.50. The van der Waals surface area contributed by atoms with Gasteiger partial charge in [-0.2, -0.15) is 0 Å². The molecule has 1 atom stereocenters. The second-order valence-electron chi connectivity index (χ2n) is 5.57. The molecule has 4 N–H and O–H groups in total. The molecule has 1 heterocycles. The van der Waals surface area contributed by atoms with E-state index < -0.39 is 5.92 Å². The van der Waals surface area contributed by atoms with Crippen molar-refractivity contribution in [3.05, 3.63) is 0 Å². The van der Waals surface area contributed by atoms with Crippen LogP contribution in [0.1, 0.15) is 39.5 Å². The topological polar surface area (TPSA) is 108 Å². The normalized spacial score (nSPS) is 18.4. The van der Waals surface area contributed by atoms with E-state index in [2.05, 4.69) is 10.5 Å². The summed E-state index contributed by atoms with van der Waals surface area (Å²) in [6, 6.07) is 0. The van der Waals surface area contributed by atoms with E-state index in [1.807, 2.05) is 6.92 Å². The minimum absolute atomic E-state index is 0.0118. The Morgan fingerprint density at radius 3 is 2.52 bits per heavy atom. The van der Waals surface area contributed by atoms with Gasteiger partial charge in [-0.1, -0.05) is 18.5 Å². The zero-order valence-electron chi connectivity index (χ0n) is 12.8. The Hall–Kier alpha value is -1.79. The van der Waals surface area contributed by atoms with Crippen molar-refractivity contribution in [1.29, 1.82) is 0 Å². The van der Waals surface area contributed by atoms with Gasteiger partial charge in [-0.05, 0) is 25.2 Å². The van der Waals surface area contributed by atoms with E-state index in [4.69, 9.17) is 10.9 Å². The highest BCUT2D eigenvalue weighted by molar-refractivity contribution is 6.02. The monoisotopic (exact) mass is 298 g/mol. The largest absolute Gasteiger partial charge is 0.409 e. The zero-order chi connectivity index (χ0) is 15.8. The van der Waals surface area contributed by atoms with Crippen LogP contribution in [0.25, 0.3) is 0 Å². The van der Waals surface area contributed by atoms with Crippen LogP contribution in [0.15, 0.2) is 5.16 Å². The van der Waals surface area contributed by atoms with E-state index in [0.29, 0.717) is 32.0 Å². The highest BCUT2D eigenvalue weighted by Crippen LogP contribution is 2.20. The van der Waals surface area contributed by atoms with Crippen LogP contribution in [0.5, 0.6) is 0 Å². The minimum atomic E-state index is -0.535. The maximum absolute atomic E-state index is 12.4. The van der Waals surface area contributed by atoms with Gasteiger partial charge in [0.05, 0.1) is 5.92 Å². The van der Waals surface area contributed by atoms with Crippen molar-refractivity contribution in [2.24, 2.45) is 22.7 Å². The van der Waals surface area contributed by atoms with Gasteiger partial charge < -0.3 is 21.2 Å². The lowest BCUT2D eigenvalue weighted by atomic mass is 9.94. The van der Waals surface area contributed by atoms with Crippen molar-refractivity contribution in [3.8, 4) is 0 Å². The van der Waals surface area contributed by atoms with Crippen LogP contribution < -0.4 is 11.1 Å². The number of nitrogens with one attached hydrogen (secondary N) is 1. The molecule has 0 saturated carbocycles. The lowest BCUT2D eigenvalue weighted by Crippen LogP contribution is -2.46. The highest BCUT2D eigenvalue weighted by Gasteiger charge is 2.30. The second kappa shape index (κ2) is 8.49. The van der Waals surface area contributed by atoms with Crippen molar-refractivity contribution in [2.45, 2.75) is 39.5 Å². The third-order valence-corrected chi connectivity index (χ3v) is 3.91. The van der Waals surface area contributed by atoms with Crippen LogP contribution in [0.4, 0.5) is 0 Å². The van der Waals surface area contributed by atoms with Gasteiger partial charge >= 0.3 is 0 Å². The minimum Gasteiger partial charge on any atom is -0.409 e. The van der Waals surface area contributed by atoms with Crippen molar-refractivity contribution in [2.75, 3.05) is 19.6 Å². The zero-order valence-corrected chi connectivity index (χ0v) is 12.8. The first-order valence-electron chi connectivity index (χ1n) is 7.50. The number of amides is 2. The average molecular weight is 298 g/mol. The summed E-state index contributed by atoms with van der Waals surface area (Å²) in [4.78, 5) is 25.1. The number of carbonyl (C=O) groups is 2. The van der Waals surface area contributed by atoms with Crippen LogP contribution in [0, 0.1) is 11.8 Å². The summed E-state index contributed by atoms with van der Waals surface area (Å²) >= 11 is 0. The molecule has 0 aliphatic carbocycles. The Kier molecular flexibility index (Phi) is 6.98. The van der Waals surface area contributed by atoms with E-state index in [1.54, 1.807) is 4.90 Å². The van der Waals surface area contributed by atoms with Gasteiger partial charge in [-0.25, -0.2) is 0 Å². The van der Waals surface area contributed by atoms with Gasteiger partial charge in [0.15, 0.2) is 5.84 Å². The number of amidine groups is 1. The molecule has 21 heavy (non-hydrogen) atoms. The quantitative estimate of drug-likeness (QED) is 0.287. The summed E-state index contributed by atoms with van der Waals surface area (Å²) in [6.45, 7) is 5.44. The molecule has 0 radical (unpaired) electrons. The van der Waals surface area contributed by atoms with Gasteiger partial charge in [0.25, 0.3) is 0 Å². The van der Waals surface area contributed by atoms with Gasteiger partial charge in [0, 0.05) is 26.6 Å². The molecule has 120 valence electrons. The van der Waals surface area contributed by atoms with Gasteiger partial charge in [0.1, 0.15) is 0 Å². The molecular weight excluding hydrogens is 272 g/mol. The standard InChI is InChI=1S/C14H26N4O3/c1-3-4-12(13(15)17-21)14(20)18-7-5-11(6-8-18)9-16-10(2)19/h11-12,21H,3-9H2,1-2H3,(H2,15,17)(H,16,19). The fourth-order valence-corrected chi connectivity index (χ4v) is 2.62. The SMILES string of the molecule is CCCC(C(=O)N1CCC(CNC(C)=O)CC1)C(N)=NO. The predicted octanol–water partition coefficient (Wildman–Crippen LogP) is 0.524. The van der Waals surface area contributed by atoms with Gasteiger partial charge in [0.2, 0.25) is 11.8 Å². The molecule has 0 aromatic carbocycles. The lowest BCUT2D eigenvalue weighted by molar-refractivity contribution is -0.135. The molecular formula is C14H26N4O3. The number of nitrogens with two attached hydrogens (primary N) is 1. The number of likely N-dealkylation sites (tertiary alicyclic amines) is 1. The van der Waals surface area contributed by atoms with Crippen molar-refractivity contribution in [3.63, 3.8) is 0 Å². The number of nitrogens with zero attached hydrogens (tertiary/aromatic N) is 2. The van der Waals surface area contributed by atoms with Gasteiger partial charge in [-0.15, -0.1) is 0 Å². The molecule has 1 fully saturated rings. The number of rotatable bonds is 6. The third kappa shape index (κ3) is 5.24. The number of oxime groups is 1. The molecule has 0 spiro atoms. The molecule has 1 rings (SSSR count). The Morgan fingerprint density at radius 1 is 1.43 bits per heavy atom. The highest BCUT2D eigenvalue weighted by atomic mass is 16.4. The second-order valence-corrected chi connectivity index (χ2v) is 5.57. The molecule has 1 aliphatic rings. The summed E-state index contributed by atoms with van der Waals surface area (Å²) < 4.78 is 0. The Balaban J connectivity index is 2.51. The molecule has 0 bridgehead atoms. The summed E-state index contributed by atoms with van der Waals surface area (Å²) in [5.74, 6) is -0.228. The fraction of sp³-hybridized carbons (Fsp3) is 0.786. The van der Waals surface area contributed by atoms with Gasteiger partial charge in [-0.3, -0.25) is 9.59 Å². The Morgan fingerprint density at radius 2 is 2.05 bits per heavy atom. The Labute approximate surface area is 125 Å². The van der Waals surface area contributed by atoms with Crippen molar-refractivity contribution < 1.29 is 14.8 Å². The average Bonchev–Trinajstić information content (AvgIpc) is 2.49. The summed E-state index contributed by atoms with van der Waals surface area (Å²) in [5, 5.41) is 14.6. The molecule has 7 heteroatoms. The molecule has 1 unspecified atom stereocenters. The fourth-order valence-electron chi connectivity index (χ4n) is 2.62. The molecule has 7 nitrogen and oxygen atoms in total. The van der Waals surface area contributed by atoms with Crippen LogP contribution in [-0.4, -0.2) is 47.4 Å². The maximum Gasteiger partial charge on any atom is 0.233 e. The van der Waals surface area contributed by atoms with Crippen molar-refractivity contribution in [1.82, 2.24) is 10.2 Å². The van der Waals surface area contributed by atoms with E-state index >= 15 is 0 Å². The molecule has 0 aromatic rings. The smallest absolute Gasteiger partial charge is 0.233 e. The number of piperidine rings is 1. The number of hydrogen-bond donors (Lipinski definition) is 3.